The Labute approximate surface area is 263 Å². The van der Waals surface area contributed by atoms with E-state index >= 15 is 0 Å². The van der Waals surface area contributed by atoms with E-state index < -0.39 is 0 Å². The Morgan fingerprint density at radius 2 is 1.07 bits per heavy atom. The van der Waals surface area contributed by atoms with Gasteiger partial charge in [0.25, 0.3) is 0 Å². The Morgan fingerprint density at radius 1 is 0.413 bits per heavy atom. The zero-order valence-corrected chi connectivity index (χ0v) is 24.7. The van der Waals surface area contributed by atoms with Crippen LogP contribution >= 0.6 is 0 Å². The number of hydrogen-bond acceptors (Lipinski definition) is 3. The first kappa shape index (κ1) is 25.0. The third kappa shape index (κ3) is 3.54. The van der Waals surface area contributed by atoms with Gasteiger partial charge in [-0.2, -0.15) is 0 Å². The summed E-state index contributed by atoms with van der Waals surface area (Å²) in [5.74, 6) is 1.51. The lowest BCUT2D eigenvalue weighted by Crippen LogP contribution is -2.02. The van der Waals surface area contributed by atoms with Gasteiger partial charge in [-0.15, -0.1) is 0 Å². The van der Waals surface area contributed by atoms with Crippen LogP contribution in [0.1, 0.15) is 0 Å². The Kier molecular flexibility index (Phi) is 5.22. The average Bonchev–Trinajstić information content (AvgIpc) is 3.69. The summed E-state index contributed by atoms with van der Waals surface area (Å²) in [6.45, 7) is 0. The molecule has 10 rings (SSSR count). The normalized spacial score (nSPS) is 11.9. The number of rotatable bonds is 3. The van der Waals surface area contributed by atoms with Gasteiger partial charge < -0.3 is 0 Å². The summed E-state index contributed by atoms with van der Waals surface area (Å²) >= 11 is 0. The molecule has 214 valence electrons. The SMILES string of the molecule is c1ccc(-c2cc(-n3c4ccccc4c4c5c(ccc43)c3ccccc3n3c4ccccc4nc53)nc(-c3ccccc3)n2)cc1. The number of benzene rings is 6. The highest BCUT2D eigenvalue weighted by Crippen LogP contribution is 2.42. The van der Waals surface area contributed by atoms with Crippen molar-refractivity contribution in [2.45, 2.75) is 0 Å². The fraction of sp³-hybridized carbons (Fsp3) is 0. The van der Waals surface area contributed by atoms with Crippen molar-refractivity contribution in [3.05, 3.63) is 152 Å². The lowest BCUT2D eigenvalue weighted by Gasteiger charge is -2.13. The van der Waals surface area contributed by atoms with Crippen molar-refractivity contribution in [2.75, 3.05) is 0 Å². The van der Waals surface area contributed by atoms with E-state index in [0.717, 1.165) is 66.6 Å². The van der Waals surface area contributed by atoms with Crippen LogP contribution in [0.25, 0.3) is 88.6 Å². The van der Waals surface area contributed by atoms with Crippen molar-refractivity contribution in [1.29, 1.82) is 0 Å². The summed E-state index contributed by atoms with van der Waals surface area (Å²) in [6, 6.07) is 52.9. The number of fused-ring (bicyclic) bond motifs is 12. The molecule has 0 aliphatic carbocycles. The summed E-state index contributed by atoms with van der Waals surface area (Å²) in [7, 11) is 0. The molecule has 6 aromatic carbocycles. The van der Waals surface area contributed by atoms with Gasteiger partial charge in [0.2, 0.25) is 0 Å². The van der Waals surface area contributed by atoms with Crippen molar-refractivity contribution in [3.63, 3.8) is 0 Å². The molecule has 0 atom stereocenters. The largest absolute Gasteiger partial charge is 0.294 e. The molecule has 0 saturated heterocycles. The fourth-order valence-corrected chi connectivity index (χ4v) is 7.12. The molecule has 0 N–H and O–H groups in total. The van der Waals surface area contributed by atoms with Crippen molar-refractivity contribution in [2.24, 2.45) is 0 Å². The van der Waals surface area contributed by atoms with Gasteiger partial charge in [0, 0.05) is 38.7 Å². The molecule has 0 radical (unpaired) electrons. The summed E-state index contributed by atoms with van der Waals surface area (Å²) < 4.78 is 4.61. The fourth-order valence-electron chi connectivity index (χ4n) is 7.12. The number of pyridine rings is 1. The van der Waals surface area contributed by atoms with Crippen molar-refractivity contribution >= 4 is 60.2 Å². The van der Waals surface area contributed by atoms with E-state index in [1.807, 2.05) is 24.3 Å². The minimum atomic E-state index is 0.691. The molecule has 0 aliphatic rings. The van der Waals surface area contributed by atoms with Crippen molar-refractivity contribution < 1.29 is 0 Å². The van der Waals surface area contributed by atoms with Gasteiger partial charge in [-0.1, -0.05) is 115 Å². The second-order valence-electron chi connectivity index (χ2n) is 11.7. The molecule has 0 fully saturated rings. The van der Waals surface area contributed by atoms with Crippen LogP contribution in [0.15, 0.2) is 152 Å². The highest BCUT2D eigenvalue weighted by atomic mass is 15.1. The predicted molar refractivity (Wildman–Crippen MR) is 189 cm³/mol. The maximum Gasteiger partial charge on any atom is 0.162 e. The lowest BCUT2D eigenvalue weighted by atomic mass is 10.0. The molecule has 0 spiro atoms. The monoisotopic (exact) mass is 587 g/mol. The van der Waals surface area contributed by atoms with Crippen LogP contribution in [0.3, 0.4) is 0 Å². The maximum atomic E-state index is 5.27. The molecular weight excluding hydrogens is 562 g/mol. The van der Waals surface area contributed by atoms with E-state index in [0.29, 0.717) is 5.82 Å². The van der Waals surface area contributed by atoms with E-state index in [9.17, 15) is 0 Å². The van der Waals surface area contributed by atoms with Gasteiger partial charge >= 0.3 is 0 Å². The van der Waals surface area contributed by atoms with Crippen LogP contribution in [0.2, 0.25) is 0 Å². The van der Waals surface area contributed by atoms with Crippen LogP contribution in [0.4, 0.5) is 0 Å². The molecule has 4 heterocycles. The molecule has 5 nitrogen and oxygen atoms in total. The Balaban J connectivity index is 1.38. The predicted octanol–water partition coefficient (Wildman–Crippen LogP) is 10.0. The molecular formula is C41H25N5. The number of hydrogen-bond donors (Lipinski definition) is 0. The number of nitrogens with zero attached hydrogens (tertiary/aromatic N) is 5. The first-order chi connectivity index (χ1) is 22.8. The van der Waals surface area contributed by atoms with Gasteiger partial charge in [-0.3, -0.25) is 8.97 Å². The van der Waals surface area contributed by atoms with E-state index in [4.69, 9.17) is 15.0 Å². The maximum absolute atomic E-state index is 5.27. The third-order valence-electron chi connectivity index (χ3n) is 9.10. The minimum absolute atomic E-state index is 0.691. The molecule has 0 unspecified atom stereocenters. The third-order valence-corrected chi connectivity index (χ3v) is 9.10. The van der Waals surface area contributed by atoms with E-state index in [2.05, 4.69) is 136 Å². The number of imidazole rings is 1. The molecule has 0 bridgehead atoms. The highest BCUT2D eigenvalue weighted by Gasteiger charge is 2.22. The van der Waals surface area contributed by atoms with Crippen LogP contribution < -0.4 is 0 Å². The van der Waals surface area contributed by atoms with Crippen LogP contribution in [-0.4, -0.2) is 23.9 Å². The van der Waals surface area contributed by atoms with E-state index in [-0.39, 0.29) is 0 Å². The Bertz CT molecular complexity index is 2740. The van der Waals surface area contributed by atoms with Crippen LogP contribution in [0, 0.1) is 0 Å². The zero-order chi connectivity index (χ0) is 30.2. The lowest BCUT2D eigenvalue weighted by molar-refractivity contribution is 1.05. The molecule has 0 saturated carbocycles. The highest BCUT2D eigenvalue weighted by molar-refractivity contribution is 6.29. The summed E-state index contributed by atoms with van der Waals surface area (Å²) in [5.41, 5.74) is 9.27. The molecule has 0 amide bonds. The summed E-state index contributed by atoms with van der Waals surface area (Å²) in [6.07, 6.45) is 0. The second-order valence-corrected chi connectivity index (χ2v) is 11.7. The standard InChI is InChI=1S/C41H25N5/c1-3-13-26(14-4-1)32-25-37(44-40(42-32)27-15-5-2-6-16-27)45-34-21-11-8-18-30(34)38-36(45)24-23-29-28-17-7-10-20-33(28)46-35-22-12-9-19-31(35)43-41(46)39(29)38/h1-25H. The molecule has 0 aliphatic heterocycles. The topological polar surface area (TPSA) is 48.0 Å². The first-order valence-corrected chi connectivity index (χ1v) is 15.5. The first-order valence-electron chi connectivity index (χ1n) is 15.5. The molecule has 4 aromatic heterocycles. The van der Waals surface area contributed by atoms with E-state index in [1.54, 1.807) is 0 Å². The van der Waals surface area contributed by atoms with Crippen LogP contribution in [-0.2, 0) is 0 Å². The smallest absolute Gasteiger partial charge is 0.162 e. The van der Waals surface area contributed by atoms with Crippen LogP contribution in [0.5, 0.6) is 0 Å². The zero-order valence-electron chi connectivity index (χ0n) is 24.7. The van der Waals surface area contributed by atoms with Crippen molar-refractivity contribution in [1.82, 2.24) is 23.9 Å². The Morgan fingerprint density at radius 3 is 1.87 bits per heavy atom. The number of aromatic nitrogens is 5. The van der Waals surface area contributed by atoms with E-state index in [1.165, 1.54) is 16.2 Å². The quantitative estimate of drug-likeness (QED) is 0.193. The van der Waals surface area contributed by atoms with Gasteiger partial charge in [-0.05, 0) is 35.7 Å². The number of para-hydroxylation sites is 4. The summed E-state index contributed by atoms with van der Waals surface area (Å²) in [5, 5.41) is 5.86. The average molecular weight is 588 g/mol. The molecule has 5 heteroatoms. The summed E-state index contributed by atoms with van der Waals surface area (Å²) in [4.78, 5) is 15.6. The van der Waals surface area contributed by atoms with Gasteiger partial charge in [-0.25, -0.2) is 15.0 Å². The minimum Gasteiger partial charge on any atom is -0.294 e. The Hall–Kier alpha value is -6.33. The van der Waals surface area contributed by atoms with Gasteiger partial charge in [0.1, 0.15) is 11.5 Å². The van der Waals surface area contributed by atoms with Gasteiger partial charge in [0.15, 0.2) is 5.82 Å². The second kappa shape index (κ2) is 9.58. The molecule has 10 aromatic rings. The molecule has 46 heavy (non-hydrogen) atoms. The van der Waals surface area contributed by atoms with Gasteiger partial charge in [0.05, 0.1) is 33.3 Å². The van der Waals surface area contributed by atoms with Crippen molar-refractivity contribution in [3.8, 4) is 28.5 Å².